The summed E-state index contributed by atoms with van der Waals surface area (Å²) < 4.78 is 0. The molecule has 49 heteroatoms. The van der Waals surface area contributed by atoms with E-state index < -0.39 is 298 Å². The van der Waals surface area contributed by atoms with Gasteiger partial charge in [0.25, 0.3) is 0 Å². The molecule has 662 valence electrons. The lowest BCUT2D eigenvalue weighted by Gasteiger charge is -2.31. The fourth-order valence-corrected chi connectivity index (χ4v) is 12.4. The lowest BCUT2D eigenvalue weighted by molar-refractivity contribution is -0.145. The molecular formula is C69H112N20O29. The highest BCUT2D eigenvalue weighted by Gasteiger charge is 2.44. The van der Waals surface area contributed by atoms with Crippen LogP contribution in [0, 0.1) is 0 Å². The van der Waals surface area contributed by atoms with Gasteiger partial charge in [-0.1, -0.05) is 0 Å². The van der Waals surface area contributed by atoms with Gasteiger partial charge < -0.3 is 147 Å². The second-order valence-corrected chi connectivity index (χ2v) is 28.6. The SMILES string of the molecule is C[C@H](NC(=O)[C@@H](NC(=O)[C@@H]1CCCN1C(=O)[C@H](CCC(=O)O)NC(=O)[C@H](CO)NC(=O)[C@H](C)NC(=O)[C@H](CCCCN)NC(=O)[C@@H](NC(=O)CNC(=O)[C@H](CCC(=O)O)NC(=O)[C@H](CO)NC(=O)[C@H](CC(N)=O)NC(=O)[C@H](C)NC(=O)[C@H](C)NC(=O)[C@@H]1CCCN1C(=O)[C@H](C)NC(=O)[C@@H]1CCCN1C(=O)[C@@H](N)CO)[C@@H](C)O)[C@@H](C)O)C(=O)O. The molecule has 0 aliphatic carbocycles. The maximum Gasteiger partial charge on any atom is 0.325 e. The minimum atomic E-state index is -2.05. The summed E-state index contributed by atoms with van der Waals surface area (Å²) in [6.07, 6.45) is -5.69. The maximum atomic E-state index is 14.1. The number of hydrogen-bond acceptors (Lipinski definition) is 28. The number of carbonyl (C=O) groups is 21. The van der Waals surface area contributed by atoms with Crippen molar-refractivity contribution in [2.75, 3.05) is 52.5 Å². The Labute approximate surface area is 675 Å². The average Bonchev–Trinajstić information content (AvgIpc) is 1.65. The molecule has 3 saturated heterocycles. The normalized spacial score (nSPS) is 19.1. The molecule has 3 fully saturated rings. The first-order valence-corrected chi connectivity index (χ1v) is 38.1. The van der Waals surface area contributed by atoms with Gasteiger partial charge >= 0.3 is 17.9 Å². The largest absolute Gasteiger partial charge is 0.481 e. The van der Waals surface area contributed by atoms with Crippen molar-refractivity contribution >= 4 is 124 Å². The maximum absolute atomic E-state index is 14.1. The molecule has 0 aromatic carbocycles. The smallest absolute Gasteiger partial charge is 0.325 e. The molecule has 0 aromatic rings. The zero-order chi connectivity index (χ0) is 89.3. The number of aliphatic carboxylic acids is 3. The summed E-state index contributed by atoms with van der Waals surface area (Å²) in [6, 6.07) is -26.7. The topological polar surface area (TPSA) is 777 Å². The molecule has 18 amide bonds. The molecular weight excluding hydrogens is 1570 g/mol. The van der Waals surface area contributed by atoms with E-state index in [1.807, 2.05) is 5.32 Å². The Hall–Kier alpha value is -11.4. The minimum absolute atomic E-state index is 0.0280. The van der Waals surface area contributed by atoms with Crippen molar-refractivity contribution in [2.45, 2.75) is 253 Å². The highest BCUT2D eigenvalue weighted by Crippen LogP contribution is 2.23. The summed E-state index contributed by atoms with van der Waals surface area (Å²) in [6.45, 7) is 4.19. The Balaban J connectivity index is 1.65. The van der Waals surface area contributed by atoms with Crippen molar-refractivity contribution in [3.05, 3.63) is 0 Å². The van der Waals surface area contributed by atoms with Crippen molar-refractivity contribution in [3.8, 4) is 0 Å². The van der Waals surface area contributed by atoms with E-state index in [0.717, 1.165) is 39.5 Å². The third kappa shape index (κ3) is 31.6. The zero-order valence-corrected chi connectivity index (χ0v) is 66.3. The third-order valence-corrected chi connectivity index (χ3v) is 19.1. The Kier molecular flexibility index (Phi) is 41.8. The van der Waals surface area contributed by atoms with Gasteiger partial charge in [-0.3, -0.25) is 101 Å². The van der Waals surface area contributed by atoms with Gasteiger partial charge in [0.2, 0.25) is 106 Å². The molecule has 49 nitrogen and oxygen atoms in total. The number of aliphatic hydroxyl groups is 5. The summed E-state index contributed by atoms with van der Waals surface area (Å²) in [5, 5.41) is 110. The van der Waals surface area contributed by atoms with Gasteiger partial charge in [-0.05, 0) is 126 Å². The second-order valence-electron chi connectivity index (χ2n) is 28.6. The van der Waals surface area contributed by atoms with Crippen LogP contribution in [0.2, 0.25) is 0 Å². The predicted octanol–water partition coefficient (Wildman–Crippen LogP) is -13.6. The number of hydrogen-bond donors (Lipinski definition) is 25. The first kappa shape index (κ1) is 101. The highest BCUT2D eigenvalue weighted by molar-refractivity contribution is 6.02. The number of amides is 18. The zero-order valence-electron chi connectivity index (χ0n) is 66.3. The fraction of sp³-hybridized carbons (Fsp3) is 0.696. The van der Waals surface area contributed by atoms with Gasteiger partial charge in [0.1, 0.15) is 103 Å². The number of aliphatic hydroxyl groups excluding tert-OH is 5. The van der Waals surface area contributed by atoms with E-state index >= 15 is 0 Å². The van der Waals surface area contributed by atoms with Gasteiger partial charge in [-0.15, -0.1) is 0 Å². The van der Waals surface area contributed by atoms with E-state index in [0.29, 0.717) is 12.8 Å². The van der Waals surface area contributed by atoms with Crippen LogP contribution in [0.1, 0.15) is 138 Å². The monoisotopic (exact) mass is 1680 g/mol. The summed E-state index contributed by atoms with van der Waals surface area (Å²) in [5.74, 6) is -23.6. The standard InChI is InChI=1S/C69H112N20O29/c1-30(76-61(109)44-14-10-22-87(44)66(114)33(4)77-62(110)45-15-11-23-88(45)67(115)37(71)27-90)53(101)74-31(2)54(102)82-41(25-47(72)95)58(106)84-43(29-92)59(107)79-39(17-19-49(97)98)56(104)73-26-48(96)85-51(35(6)93)65(113)80-38(13-8-9-21-70)57(105)75-32(3)55(103)83-42(28-91)60(108)81-40(18-20-50(99)100)68(116)89-24-12-16-46(89)63(111)86-52(36(7)94)64(112)78-34(5)69(117)118/h30-46,51-52,90-94H,8-29,70-71H2,1-7H3,(H2,72,95)(H,73,104)(H,74,101)(H,75,105)(H,76,109)(H,77,110)(H,78,112)(H,79,107)(H,80,113)(H,81,108)(H,82,102)(H,83,103)(H,84,106)(H,85,96)(H,86,111)(H,97,98)(H,99,100)(H,117,118)/t30-,31-,32-,33-,34-,35+,36+,37-,38-,39-,40-,41-,42-,43-,44-,45-,46-,51-,52-/m0/s1. The first-order chi connectivity index (χ1) is 55.3. The number of primary amides is 1. The molecule has 3 heterocycles. The minimum Gasteiger partial charge on any atom is -0.481 e. The van der Waals surface area contributed by atoms with Crippen LogP contribution in [0.25, 0.3) is 0 Å². The Morgan fingerprint density at radius 1 is 0.381 bits per heavy atom. The van der Waals surface area contributed by atoms with Gasteiger partial charge in [-0.25, -0.2) is 0 Å². The molecule has 0 radical (unpaired) electrons. The number of nitrogens with two attached hydrogens (primary N) is 3. The lowest BCUT2D eigenvalue weighted by Crippen LogP contribution is -2.61. The van der Waals surface area contributed by atoms with E-state index in [1.54, 1.807) is 0 Å². The van der Waals surface area contributed by atoms with Gasteiger partial charge in [0.05, 0.1) is 45.0 Å². The van der Waals surface area contributed by atoms with Gasteiger partial charge in [0, 0.05) is 32.5 Å². The molecule has 0 saturated carbocycles. The summed E-state index contributed by atoms with van der Waals surface area (Å²) >= 11 is 0. The number of carboxylic acids is 3. The van der Waals surface area contributed by atoms with E-state index in [9.17, 15) is 142 Å². The Morgan fingerprint density at radius 3 is 1.21 bits per heavy atom. The molecule has 3 rings (SSSR count). The van der Waals surface area contributed by atoms with Gasteiger partial charge in [0.15, 0.2) is 0 Å². The van der Waals surface area contributed by atoms with Crippen molar-refractivity contribution in [1.29, 1.82) is 0 Å². The van der Waals surface area contributed by atoms with Crippen LogP contribution in [-0.4, -0.2) is 347 Å². The molecule has 3 aliphatic rings. The fourth-order valence-electron chi connectivity index (χ4n) is 12.4. The van der Waals surface area contributed by atoms with Crippen molar-refractivity contribution in [2.24, 2.45) is 17.2 Å². The van der Waals surface area contributed by atoms with Crippen LogP contribution >= 0.6 is 0 Å². The molecule has 19 atom stereocenters. The lowest BCUT2D eigenvalue weighted by atomic mass is 10.1. The third-order valence-electron chi connectivity index (χ3n) is 19.1. The van der Waals surface area contributed by atoms with E-state index in [2.05, 4.69) is 69.1 Å². The van der Waals surface area contributed by atoms with Gasteiger partial charge in [-0.2, -0.15) is 0 Å². The number of nitrogens with zero attached hydrogens (tertiary/aromatic N) is 3. The van der Waals surface area contributed by atoms with Crippen LogP contribution < -0.4 is 91.6 Å². The van der Waals surface area contributed by atoms with Crippen LogP contribution in [0.15, 0.2) is 0 Å². The van der Waals surface area contributed by atoms with E-state index in [4.69, 9.17) is 17.2 Å². The number of nitrogens with one attached hydrogen (secondary N) is 14. The Morgan fingerprint density at radius 2 is 0.746 bits per heavy atom. The second kappa shape index (κ2) is 49.0. The number of rotatable bonds is 49. The number of carboxylic acid groups (broad SMARTS) is 3. The molecule has 0 aromatic heterocycles. The molecule has 3 aliphatic heterocycles. The van der Waals surface area contributed by atoms with Crippen molar-refractivity contribution < 1.29 is 142 Å². The van der Waals surface area contributed by atoms with Crippen LogP contribution in [-0.2, 0) is 101 Å². The number of carbonyl (C=O) groups excluding carboxylic acids is 18. The van der Waals surface area contributed by atoms with E-state index in [-0.39, 0.29) is 71.1 Å². The predicted molar refractivity (Wildman–Crippen MR) is 401 cm³/mol. The molecule has 0 unspecified atom stereocenters. The van der Waals surface area contributed by atoms with E-state index in [1.165, 1.54) is 23.6 Å². The van der Waals surface area contributed by atoms with Crippen molar-refractivity contribution in [1.82, 2.24) is 89.1 Å². The summed E-state index contributed by atoms with van der Waals surface area (Å²) in [5.41, 5.74) is 16.7. The quantitative estimate of drug-likeness (QED) is 0.0252. The molecule has 118 heavy (non-hydrogen) atoms. The molecule has 0 bridgehead atoms. The number of unbranched alkanes of at least 4 members (excludes halogenated alkanes) is 1. The van der Waals surface area contributed by atoms with Crippen molar-refractivity contribution in [3.63, 3.8) is 0 Å². The first-order valence-electron chi connectivity index (χ1n) is 38.1. The molecule has 28 N–H and O–H groups in total. The average molecular weight is 1690 g/mol. The Bertz CT molecular complexity index is 3650. The number of likely N-dealkylation sites (tertiary alicyclic amines) is 3. The highest BCUT2D eigenvalue weighted by atomic mass is 16.4. The molecule has 0 spiro atoms. The summed E-state index contributed by atoms with van der Waals surface area (Å²) in [7, 11) is 0. The summed E-state index contributed by atoms with van der Waals surface area (Å²) in [4.78, 5) is 280. The van der Waals surface area contributed by atoms with Crippen LogP contribution in [0.3, 0.4) is 0 Å². The van der Waals surface area contributed by atoms with Crippen LogP contribution in [0.5, 0.6) is 0 Å². The van der Waals surface area contributed by atoms with Crippen LogP contribution in [0.4, 0.5) is 0 Å².